The molecule has 3 aromatic rings. The van der Waals surface area contributed by atoms with Crippen molar-refractivity contribution in [1.82, 2.24) is 14.8 Å². The van der Waals surface area contributed by atoms with E-state index in [0.29, 0.717) is 11.1 Å². The maximum Gasteiger partial charge on any atom is 0.294 e. The summed E-state index contributed by atoms with van der Waals surface area (Å²) in [4.78, 5) is 55.1. The van der Waals surface area contributed by atoms with Gasteiger partial charge in [0.2, 0.25) is 11.5 Å². The number of imide groups is 1. The van der Waals surface area contributed by atoms with Crippen molar-refractivity contribution in [2.45, 2.75) is 6.54 Å². The SMILES string of the molecule is CN(Cc1cc(=O)[nH]c2ccccc12)C(=O)CN1C(=O)SC(=Cc2ccccc2)C1=O. The van der Waals surface area contributed by atoms with Crippen molar-refractivity contribution < 1.29 is 14.4 Å². The molecule has 1 aliphatic heterocycles. The zero-order valence-corrected chi connectivity index (χ0v) is 17.5. The number of fused-ring (bicyclic) bond motifs is 1. The number of pyridine rings is 1. The second-order valence-electron chi connectivity index (χ2n) is 7.13. The van der Waals surface area contributed by atoms with Crippen LogP contribution in [0.5, 0.6) is 0 Å². The van der Waals surface area contributed by atoms with E-state index >= 15 is 0 Å². The van der Waals surface area contributed by atoms with E-state index in [2.05, 4.69) is 4.98 Å². The lowest BCUT2D eigenvalue weighted by atomic mass is 10.1. The number of likely N-dealkylation sites (N-methyl/N-ethyl adjacent to an activating group) is 1. The van der Waals surface area contributed by atoms with E-state index in [1.165, 1.54) is 11.0 Å². The molecule has 2 heterocycles. The third-order valence-electron chi connectivity index (χ3n) is 4.93. The summed E-state index contributed by atoms with van der Waals surface area (Å²) in [5.41, 5.74) is 1.92. The lowest BCUT2D eigenvalue weighted by Gasteiger charge is -2.21. The molecular formula is C23H19N3O4S. The van der Waals surface area contributed by atoms with Gasteiger partial charge in [0, 0.05) is 30.6 Å². The zero-order chi connectivity index (χ0) is 22.0. The number of aromatic nitrogens is 1. The van der Waals surface area contributed by atoms with Crippen LogP contribution in [0.3, 0.4) is 0 Å². The smallest absolute Gasteiger partial charge is 0.294 e. The average Bonchev–Trinajstić information content (AvgIpc) is 3.01. The molecule has 0 aliphatic carbocycles. The molecule has 1 fully saturated rings. The van der Waals surface area contributed by atoms with Crippen molar-refractivity contribution >= 4 is 45.8 Å². The van der Waals surface area contributed by atoms with Crippen molar-refractivity contribution in [1.29, 1.82) is 0 Å². The van der Waals surface area contributed by atoms with E-state index in [-0.39, 0.29) is 23.6 Å². The first-order chi connectivity index (χ1) is 14.9. The number of rotatable bonds is 5. The Bertz CT molecular complexity index is 1270. The summed E-state index contributed by atoms with van der Waals surface area (Å²) in [7, 11) is 1.58. The van der Waals surface area contributed by atoms with Gasteiger partial charge in [-0.15, -0.1) is 0 Å². The van der Waals surface area contributed by atoms with Crippen molar-refractivity contribution in [3.63, 3.8) is 0 Å². The summed E-state index contributed by atoms with van der Waals surface area (Å²) < 4.78 is 0. The van der Waals surface area contributed by atoms with Gasteiger partial charge < -0.3 is 9.88 Å². The van der Waals surface area contributed by atoms with E-state index in [4.69, 9.17) is 0 Å². The first-order valence-corrected chi connectivity index (χ1v) is 10.4. The van der Waals surface area contributed by atoms with Gasteiger partial charge in [0.15, 0.2) is 0 Å². The van der Waals surface area contributed by atoms with E-state index in [1.54, 1.807) is 19.2 Å². The van der Waals surface area contributed by atoms with E-state index in [0.717, 1.165) is 27.6 Å². The van der Waals surface area contributed by atoms with Gasteiger partial charge in [-0.05, 0) is 35.0 Å². The van der Waals surface area contributed by atoms with Crippen molar-refractivity contribution in [2.75, 3.05) is 13.6 Å². The third kappa shape index (κ3) is 4.44. The number of hydrogen-bond donors (Lipinski definition) is 1. The molecule has 8 heteroatoms. The number of nitrogens with one attached hydrogen (secondary N) is 1. The molecule has 0 spiro atoms. The number of carbonyl (C=O) groups is 3. The predicted octanol–water partition coefficient (Wildman–Crippen LogP) is 3.22. The number of hydrogen-bond acceptors (Lipinski definition) is 5. The van der Waals surface area contributed by atoms with Crippen LogP contribution in [0.15, 0.2) is 70.4 Å². The third-order valence-corrected chi connectivity index (χ3v) is 5.84. The number of nitrogens with zero attached hydrogens (tertiary/aromatic N) is 2. The molecule has 0 atom stereocenters. The quantitative estimate of drug-likeness (QED) is 0.624. The fourth-order valence-electron chi connectivity index (χ4n) is 3.34. The van der Waals surface area contributed by atoms with Gasteiger partial charge in [0.25, 0.3) is 11.1 Å². The molecule has 1 aromatic heterocycles. The largest absolute Gasteiger partial charge is 0.340 e. The van der Waals surface area contributed by atoms with Crippen LogP contribution in [0.2, 0.25) is 0 Å². The van der Waals surface area contributed by atoms with E-state index < -0.39 is 17.1 Å². The number of benzene rings is 2. The minimum absolute atomic E-state index is 0.180. The molecule has 1 N–H and O–H groups in total. The Morgan fingerprint density at radius 3 is 2.55 bits per heavy atom. The molecule has 0 unspecified atom stereocenters. The fourth-order valence-corrected chi connectivity index (χ4v) is 4.18. The molecule has 7 nitrogen and oxygen atoms in total. The maximum atomic E-state index is 12.7. The van der Waals surface area contributed by atoms with Crippen molar-refractivity contribution in [3.8, 4) is 0 Å². The van der Waals surface area contributed by atoms with Gasteiger partial charge in [-0.1, -0.05) is 48.5 Å². The van der Waals surface area contributed by atoms with Gasteiger partial charge in [-0.25, -0.2) is 0 Å². The highest BCUT2D eigenvalue weighted by atomic mass is 32.2. The molecule has 1 saturated heterocycles. The minimum atomic E-state index is -0.484. The highest BCUT2D eigenvalue weighted by molar-refractivity contribution is 8.18. The van der Waals surface area contributed by atoms with Crippen LogP contribution >= 0.6 is 11.8 Å². The fraction of sp³-hybridized carbons (Fsp3) is 0.130. The van der Waals surface area contributed by atoms with E-state index in [9.17, 15) is 19.2 Å². The summed E-state index contributed by atoms with van der Waals surface area (Å²) in [5, 5.41) is 0.356. The highest BCUT2D eigenvalue weighted by Crippen LogP contribution is 2.32. The summed E-state index contributed by atoms with van der Waals surface area (Å²) in [5.74, 6) is -0.880. The summed E-state index contributed by atoms with van der Waals surface area (Å²) in [6, 6.07) is 18.0. The van der Waals surface area contributed by atoms with Crippen LogP contribution in [-0.2, 0) is 16.1 Å². The first-order valence-electron chi connectivity index (χ1n) is 9.58. The Kier molecular flexibility index (Phi) is 5.73. The maximum absolute atomic E-state index is 12.7. The van der Waals surface area contributed by atoms with Crippen LogP contribution < -0.4 is 5.56 Å². The monoisotopic (exact) mass is 433 g/mol. The number of para-hydroxylation sites is 1. The second-order valence-corrected chi connectivity index (χ2v) is 8.13. The molecule has 156 valence electrons. The van der Waals surface area contributed by atoms with Gasteiger partial charge in [0.05, 0.1) is 4.91 Å². The molecule has 3 amide bonds. The van der Waals surface area contributed by atoms with Crippen LogP contribution in [-0.4, -0.2) is 45.4 Å². The first kappa shape index (κ1) is 20.6. The predicted molar refractivity (Wildman–Crippen MR) is 120 cm³/mol. The lowest BCUT2D eigenvalue weighted by molar-refractivity contribution is -0.135. The average molecular weight is 433 g/mol. The Balaban J connectivity index is 1.48. The van der Waals surface area contributed by atoms with Crippen molar-refractivity contribution in [3.05, 3.63) is 87.0 Å². The lowest BCUT2D eigenvalue weighted by Crippen LogP contribution is -2.40. The standard InChI is InChI=1S/C23H19N3O4S/c1-25(13-16-12-20(27)24-18-10-6-5-9-17(16)18)21(28)14-26-22(29)19(31-23(26)30)11-15-7-3-2-4-8-15/h2-12H,13-14H2,1H3,(H,24,27). The van der Waals surface area contributed by atoms with Gasteiger partial charge in [0.1, 0.15) is 6.54 Å². The normalized spacial score (nSPS) is 15.1. The van der Waals surface area contributed by atoms with Gasteiger partial charge in [-0.3, -0.25) is 24.1 Å². The summed E-state index contributed by atoms with van der Waals surface area (Å²) >= 11 is 0.820. The Labute approximate surface area is 182 Å². The molecule has 0 radical (unpaired) electrons. The van der Waals surface area contributed by atoms with Crippen molar-refractivity contribution in [2.24, 2.45) is 0 Å². The van der Waals surface area contributed by atoms with E-state index in [1.807, 2.05) is 48.5 Å². The molecule has 0 bridgehead atoms. The highest BCUT2D eigenvalue weighted by Gasteiger charge is 2.36. The number of carbonyl (C=O) groups excluding carboxylic acids is 3. The minimum Gasteiger partial charge on any atom is -0.340 e. The molecule has 0 saturated carbocycles. The molecule has 2 aromatic carbocycles. The van der Waals surface area contributed by atoms with Crippen LogP contribution in [0.4, 0.5) is 4.79 Å². The summed E-state index contributed by atoms with van der Waals surface area (Å²) in [6.07, 6.45) is 1.64. The Morgan fingerprint density at radius 1 is 1.06 bits per heavy atom. The zero-order valence-electron chi connectivity index (χ0n) is 16.7. The Hall–Kier alpha value is -3.65. The van der Waals surface area contributed by atoms with Gasteiger partial charge >= 0.3 is 0 Å². The van der Waals surface area contributed by atoms with Crippen LogP contribution in [0, 0.1) is 0 Å². The molecule has 31 heavy (non-hydrogen) atoms. The molecule has 1 aliphatic rings. The number of H-pyrrole nitrogens is 1. The molecular weight excluding hydrogens is 414 g/mol. The topological polar surface area (TPSA) is 90.6 Å². The van der Waals surface area contributed by atoms with Gasteiger partial charge in [-0.2, -0.15) is 0 Å². The summed E-state index contributed by atoms with van der Waals surface area (Å²) in [6.45, 7) is -0.173. The molecule has 4 rings (SSSR count). The second kappa shape index (κ2) is 8.61. The Morgan fingerprint density at radius 2 is 1.77 bits per heavy atom. The number of aromatic amines is 1. The van der Waals surface area contributed by atoms with Crippen LogP contribution in [0.25, 0.3) is 17.0 Å². The number of thioether (sulfide) groups is 1. The number of amides is 3. The van der Waals surface area contributed by atoms with Crippen LogP contribution in [0.1, 0.15) is 11.1 Å².